The molecular formula is C18H30N8O3. The van der Waals surface area contributed by atoms with Gasteiger partial charge in [0.15, 0.2) is 0 Å². The van der Waals surface area contributed by atoms with Crippen molar-refractivity contribution in [1.29, 1.82) is 0 Å². The Morgan fingerprint density at radius 1 is 1.03 bits per heavy atom. The fraction of sp³-hybridized carbons (Fsp3) is 0.556. The van der Waals surface area contributed by atoms with Crippen LogP contribution < -0.4 is 21.1 Å². The lowest BCUT2D eigenvalue weighted by Crippen LogP contribution is -2.17. The zero-order valence-corrected chi connectivity index (χ0v) is 16.6. The van der Waals surface area contributed by atoms with Gasteiger partial charge >= 0.3 is 6.01 Å². The highest BCUT2D eigenvalue weighted by Crippen LogP contribution is 2.11. The fourth-order valence-electron chi connectivity index (χ4n) is 2.23. The first-order valence-corrected chi connectivity index (χ1v) is 9.60. The fourth-order valence-corrected chi connectivity index (χ4v) is 2.23. The standard InChI is InChI=1S/C18H30N8O3/c1-2-10-29-18-24-16(21-5-3-8-26-9-6-20-15-26)23-17(25-18)22-7-12-28-14-13-27-11-4-19/h2,6,9,15H,1,3-5,7-8,10-14,19H2,(H2,21,22,23,24,25). The summed E-state index contributed by atoms with van der Waals surface area (Å²) < 4.78 is 18.2. The zero-order chi connectivity index (χ0) is 20.6. The van der Waals surface area contributed by atoms with Crippen LogP contribution in [-0.4, -0.2) is 77.2 Å². The molecule has 0 saturated carbocycles. The van der Waals surface area contributed by atoms with E-state index >= 15 is 0 Å². The summed E-state index contributed by atoms with van der Waals surface area (Å²) in [6, 6.07) is 0.232. The van der Waals surface area contributed by atoms with Crippen molar-refractivity contribution in [2.24, 2.45) is 5.73 Å². The molecule has 0 amide bonds. The van der Waals surface area contributed by atoms with Crippen LogP contribution in [0.1, 0.15) is 6.42 Å². The maximum atomic E-state index is 5.48. The van der Waals surface area contributed by atoms with Crippen molar-refractivity contribution in [1.82, 2.24) is 24.5 Å². The smallest absolute Gasteiger partial charge is 0.323 e. The van der Waals surface area contributed by atoms with Crippen LogP contribution >= 0.6 is 0 Å². The second-order valence-corrected chi connectivity index (χ2v) is 5.89. The van der Waals surface area contributed by atoms with E-state index in [1.807, 2.05) is 10.8 Å². The maximum absolute atomic E-state index is 5.48. The molecule has 0 radical (unpaired) electrons. The first kappa shape index (κ1) is 22.5. The summed E-state index contributed by atoms with van der Waals surface area (Å²) >= 11 is 0. The van der Waals surface area contributed by atoms with Gasteiger partial charge in [-0.2, -0.15) is 15.0 Å². The lowest BCUT2D eigenvalue weighted by atomic mass is 10.4. The number of anilines is 2. The lowest BCUT2D eigenvalue weighted by Gasteiger charge is -2.11. The minimum Gasteiger partial charge on any atom is -0.459 e. The number of ether oxygens (including phenoxy) is 3. The zero-order valence-electron chi connectivity index (χ0n) is 16.6. The first-order chi connectivity index (χ1) is 14.3. The van der Waals surface area contributed by atoms with Crippen LogP contribution in [0.15, 0.2) is 31.4 Å². The van der Waals surface area contributed by atoms with Gasteiger partial charge in [0.05, 0.1) is 32.8 Å². The molecule has 0 bridgehead atoms. The van der Waals surface area contributed by atoms with E-state index in [4.69, 9.17) is 19.9 Å². The molecule has 2 aromatic heterocycles. The van der Waals surface area contributed by atoms with E-state index in [1.165, 1.54) is 0 Å². The Kier molecular flexibility index (Phi) is 11.1. The normalized spacial score (nSPS) is 10.7. The van der Waals surface area contributed by atoms with E-state index in [0.29, 0.717) is 64.6 Å². The van der Waals surface area contributed by atoms with E-state index in [-0.39, 0.29) is 6.01 Å². The molecule has 4 N–H and O–H groups in total. The van der Waals surface area contributed by atoms with Crippen molar-refractivity contribution in [2.45, 2.75) is 13.0 Å². The quantitative estimate of drug-likeness (QED) is 0.252. The minimum absolute atomic E-state index is 0.232. The predicted octanol–water partition coefficient (Wildman–Crippen LogP) is 0.539. The van der Waals surface area contributed by atoms with Crippen LogP contribution in [0.4, 0.5) is 11.9 Å². The molecule has 0 unspecified atom stereocenters. The highest BCUT2D eigenvalue weighted by molar-refractivity contribution is 5.35. The molecule has 2 aromatic rings. The molecule has 2 heterocycles. The van der Waals surface area contributed by atoms with Gasteiger partial charge in [-0.25, -0.2) is 4.98 Å². The second-order valence-electron chi connectivity index (χ2n) is 5.89. The summed E-state index contributed by atoms with van der Waals surface area (Å²) in [6.45, 7) is 8.63. The molecule has 160 valence electrons. The number of aryl methyl sites for hydroxylation is 1. The maximum Gasteiger partial charge on any atom is 0.323 e. The summed E-state index contributed by atoms with van der Waals surface area (Å²) in [4.78, 5) is 16.9. The molecule has 29 heavy (non-hydrogen) atoms. The first-order valence-electron chi connectivity index (χ1n) is 9.60. The Morgan fingerprint density at radius 3 is 2.48 bits per heavy atom. The van der Waals surface area contributed by atoms with Gasteiger partial charge in [0, 0.05) is 38.6 Å². The van der Waals surface area contributed by atoms with Crippen LogP contribution in [0.25, 0.3) is 0 Å². The number of rotatable bonds is 17. The summed E-state index contributed by atoms with van der Waals surface area (Å²) in [5.41, 5.74) is 5.35. The van der Waals surface area contributed by atoms with E-state index in [1.54, 1.807) is 18.6 Å². The molecule has 0 atom stereocenters. The molecular weight excluding hydrogens is 376 g/mol. The third kappa shape index (κ3) is 9.83. The molecule has 0 aromatic carbocycles. The largest absolute Gasteiger partial charge is 0.459 e. The van der Waals surface area contributed by atoms with E-state index in [9.17, 15) is 0 Å². The number of hydrogen-bond acceptors (Lipinski definition) is 10. The van der Waals surface area contributed by atoms with Crippen LogP contribution in [0, 0.1) is 0 Å². The third-order valence-corrected chi connectivity index (χ3v) is 3.54. The summed E-state index contributed by atoms with van der Waals surface area (Å²) in [7, 11) is 0. The molecule has 0 aliphatic carbocycles. The Morgan fingerprint density at radius 2 is 1.79 bits per heavy atom. The summed E-state index contributed by atoms with van der Waals surface area (Å²) in [6.07, 6.45) is 8.01. The van der Waals surface area contributed by atoms with Gasteiger partial charge in [-0.05, 0) is 6.42 Å². The predicted molar refractivity (Wildman–Crippen MR) is 110 cm³/mol. The minimum atomic E-state index is 0.232. The second kappa shape index (κ2) is 14.3. The summed E-state index contributed by atoms with van der Waals surface area (Å²) in [5, 5.41) is 6.31. The Hall–Kier alpha value is -2.76. The molecule has 0 saturated heterocycles. The Bertz CT molecular complexity index is 684. The van der Waals surface area contributed by atoms with E-state index < -0.39 is 0 Å². The van der Waals surface area contributed by atoms with Crippen molar-refractivity contribution in [2.75, 3.05) is 63.3 Å². The molecule has 11 heteroatoms. The number of aromatic nitrogens is 5. The number of imidazole rings is 1. The molecule has 0 spiro atoms. The highest BCUT2D eigenvalue weighted by atomic mass is 16.5. The van der Waals surface area contributed by atoms with Crippen molar-refractivity contribution < 1.29 is 14.2 Å². The lowest BCUT2D eigenvalue weighted by molar-refractivity contribution is 0.0547. The van der Waals surface area contributed by atoms with Gasteiger partial charge in [-0.1, -0.05) is 12.7 Å². The van der Waals surface area contributed by atoms with Crippen molar-refractivity contribution in [3.05, 3.63) is 31.4 Å². The number of nitrogens with two attached hydrogens (primary N) is 1. The molecule has 2 rings (SSSR count). The molecule has 0 aliphatic rings. The Labute approximate surface area is 170 Å². The molecule has 0 aliphatic heterocycles. The van der Waals surface area contributed by atoms with Crippen molar-refractivity contribution >= 4 is 11.9 Å². The van der Waals surface area contributed by atoms with Crippen LogP contribution in [0.2, 0.25) is 0 Å². The third-order valence-electron chi connectivity index (χ3n) is 3.54. The van der Waals surface area contributed by atoms with Gasteiger partial charge < -0.3 is 35.1 Å². The topological polar surface area (TPSA) is 134 Å². The van der Waals surface area contributed by atoms with Crippen molar-refractivity contribution in [3.63, 3.8) is 0 Å². The molecule has 0 fully saturated rings. The van der Waals surface area contributed by atoms with Gasteiger partial charge in [0.25, 0.3) is 0 Å². The number of hydrogen-bond donors (Lipinski definition) is 3. The van der Waals surface area contributed by atoms with Crippen molar-refractivity contribution in [3.8, 4) is 6.01 Å². The number of nitrogens with zero attached hydrogens (tertiary/aromatic N) is 5. The number of nitrogens with one attached hydrogen (secondary N) is 2. The van der Waals surface area contributed by atoms with Crippen LogP contribution in [0.3, 0.4) is 0 Å². The van der Waals surface area contributed by atoms with Gasteiger partial charge in [-0.15, -0.1) is 0 Å². The average Bonchev–Trinajstić information content (AvgIpc) is 3.25. The van der Waals surface area contributed by atoms with Gasteiger partial charge in [0.2, 0.25) is 11.9 Å². The summed E-state index contributed by atoms with van der Waals surface area (Å²) in [5.74, 6) is 0.863. The average molecular weight is 406 g/mol. The highest BCUT2D eigenvalue weighted by Gasteiger charge is 2.07. The molecule has 11 nitrogen and oxygen atoms in total. The Balaban J connectivity index is 1.76. The van der Waals surface area contributed by atoms with Crippen LogP contribution in [0.5, 0.6) is 6.01 Å². The van der Waals surface area contributed by atoms with Crippen LogP contribution in [-0.2, 0) is 16.0 Å². The van der Waals surface area contributed by atoms with E-state index in [0.717, 1.165) is 13.0 Å². The van der Waals surface area contributed by atoms with E-state index in [2.05, 4.69) is 37.1 Å². The SMILES string of the molecule is C=CCOc1nc(NCCCn2ccnc2)nc(NCCOCCOCCN)n1. The van der Waals surface area contributed by atoms with Gasteiger partial charge in [0.1, 0.15) is 6.61 Å². The monoisotopic (exact) mass is 406 g/mol. The van der Waals surface area contributed by atoms with Gasteiger partial charge in [-0.3, -0.25) is 0 Å².